The molecule has 0 bridgehead atoms. The van der Waals surface area contributed by atoms with Crippen molar-refractivity contribution in [2.45, 2.75) is 19.4 Å². The van der Waals surface area contributed by atoms with Crippen molar-refractivity contribution in [1.29, 1.82) is 0 Å². The largest absolute Gasteiger partial charge is 0.496 e. The third-order valence-electron chi connectivity index (χ3n) is 3.23. The van der Waals surface area contributed by atoms with Crippen LogP contribution in [0.2, 0.25) is 0 Å². The van der Waals surface area contributed by atoms with Crippen LogP contribution in [0.4, 0.5) is 0 Å². The zero-order valence-corrected chi connectivity index (χ0v) is 13.0. The fraction of sp³-hybridized carbons (Fsp3) is 0.312. The molecule has 0 radical (unpaired) electrons. The first kappa shape index (κ1) is 17.3. The molecule has 0 saturated heterocycles. The molecule has 1 atom stereocenters. The average Bonchev–Trinajstić information content (AvgIpc) is 2.46. The lowest BCUT2D eigenvalue weighted by atomic mass is 9.97. The lowest BCUT2D eigenvalue weighted by molar-refractivity contribution is -0.143. The standard InChI is InChI=1S/C16H19NO3.ClH/c1-3-20-16(18)10-14(17)12-8-9-15(19-2)13-7-5-4-6-11(12)13;/h4-9,14H,3,10,17H2,1-2H3;1H/t14-;/m0./s1. The summed E-state index contributed by atoms with van der Waals surface area (Å²) in [4.78, 5) is 11.6. The van der Waals surface area contributed by atoms with Gasteiger partial charge in [0.05, 0.1) is 20.1 Å². The normalized spacial score (nSPS) is 11.6. The summed E-state index contributed by atoms with van der Waals surface area (Å²) in [7, 11) is 1.64. The molecule has 0 fully saturated rings. The van der Waals surface area contributed by atoms with E-state index in [0.29, 0.717) is 6.61 Å². The van der Waals surface area contributed by atoms with E-state index < -0.39 is 0 Å². The summed E-state index contributed by atoms with van der Waals surface area (Å²) in [5.41, 5.74) is 7.07. The number of fused-ring (bicyclic) bond motifs is 1. The molecule has 21 heavy (non-hydrogen) atoms. The maximum absolute atomic E-state index is 11.6. The van der Waals surface area contributed by atoms with Crippen molar-refractivity contribution in [1.82, 2.24) is 0 Å². The van der Waals surface area contributed by atoms with Crippen molar-refractivity contribution in [3.63, 3.8) is 0 Å². The van der Waals surface area contributed by atoms with Crippen molar-refractivity contribution >= 4 is 29.1 Å². The van der Waals surface area contributed by atoms with Gasteiger partial charge in [-0.1, -0.05) is 30.3 Å². The van der Waals surface area contributed by atoms with E-state index in [0.717, 1.165) is 22.1 Å². The van der Waals surface area contributed by atoms with E-state index in [1.165, 1.54) is 0 Å². The Labute approximate surface area is 130 Å². The fourth-order valence-electron chi connectivity index (χ4n) is 2.31. The molecule has 2 rings (SSSR count). The summed E-state index contributed by atoms with van der Waals surface area (Å²) in [6.07, 6.45) is 0.171. The van der Waals surface area contributed by atoms with E-state index in [9.17, 15) is 4.79 Å². The molecule has 2 aromatic rings. The molecule has 0 aliphatic carbocycles. The quantitative estimate of drug-likeness (QED) is 0.861. The molecule has 0 aromatic heterocycles. The van der Waals surface area contributed by atoms with Crippen LogP contribution in [0, 0.1) is 0 Å². The zero-order valence-electron chi connectivity index (χ0n) is 12.2. The van der Waals surface area contributed by atoms with Crippen LogP contribution < -0.4 is 10.5 Å². The van der Waals surface area contributed by atoms with Crippen molar-refractivity contribution in [2.75, 3.05) is 13.7 Å². The van der Waals surface area contributed by atoms with Gasteiger partial charge in [0, 0.05) is 11.4 Å². The highest BCUT2D eigenvalue weighted by Crippen LogP contribution is 2.31. The lowest BCUT2D eigenvalue weighted by Gasteiger charge is -2.15. The maximum atomic E-state index is 11.6. The van der Waals surface area contributed by atoms with Crippen molar-refractivity contribution in [2.24, 2.45) is 5.73 Å². The number of benzene rings is 2. The van der Waals surface area contributed by atoms with Crippen LogP contribution in [0.5, 0.6) is 5.75 Å². The smallest absolute Gasteiger partial charge is 0.307 e. The van der Waals surface area contributed by atoms with Crippen LogP contribution in [0.3, 0.4) is 0 Å². The molecule has 0 heterocycles. The van der Waals surface area contributed by atoms with Gasteiger partial charge in [0.15, 0.2) is 0 Å². The van der Waals surface area contributed by atoms with Gasteiger partial charge < -0.3 is 15.2 Å². The van der Waals surface area contributed by atoms with Gasteiger partial charge in [-0.05, 0) is 23.9 Å². The molecular weight excluding hydrogens is 290 g/mol. The zero-order chi connectivity index (χ0) is 14.5. The van der Waals surface area contributed by atoms with Crippen LogP contribution in [0.15, 0.2) is 36.4 Å². The highest BCUT2D eigenvalue weighted by Gasteiger charge is 2.16. The number of rotatable bonds is 5. The minimum Gasteiger partial charge on any atom is -0.496 e. The van der Waals surface area contributed by atoms with Gasteiger partial charge in [-0.3, -0.25) is 4.79 Å². The first-order valence-corrected chi connectivity index (χ1v) is 6.64. The first-order valence-electron chi connectivity index (χ1n) is 6.64. The minimum absolute atomic E-state index is 0. The number of hydrogen-bond acceptors (Lipinski definition) is 4. The number of carbonyl (C=O) groups is 1. The van der Waals surface area contributed by atoms with Gasteiger partial charge in [0.1, 0.15) is 5.75 Å². The number of ether oxygens (including phenoxy) is 2. The van der Waals surface area contributed by atoms with E-state index in [-0.39, 0.29) is 30.8 Å². The Balaban J connectivity index is 0.00000220. The minimum atomic E-state index is -0.384. The van der Waals surface area contributed by atoms with E-state index in [2.05, 4.69) is 0 Å². The molecule has 4 nitrogen and oxygen atoms in total. The summed E-state index contributed by atoms with van der Waals surface area (Å²) in [5, 5.41) is 2.00. The highest BCUT2D eigenvalue weighted by molar-refractivity contribution is 5.91. The first-order chi connectivity index (χ1) is 9.67. The van der Waals surface area contributed by atoms with Crippen LogP contribution in [0.1, 0.15) is 24.9 Å². The number of hydrogen-bond donors (Lipinski definition) is 1. The molecular formula is C16H20ClNO3. The molecule has 114 valence electrons. The molecule has 2 aromatic carbocycles. The Kier molecular flexibility index (Phi) is 6.46. The Morgan fingerprint density at radius 2 is 1.86 bits per heavy atom. The van der Waals surface area contributed by atoms with Crippen molar-refractivity contribution in [3.05, 3.63) is 42.0 Å². The summed E-state index contributed by atoms with van der Waals surface area (Å²) in [6, 6.07) is 11.3. The summed E-state index contributed by atoms with van der Waals surface area (Å²) in [5.74, 6) is 0.521. The van der Waals surface area contributed by atoms with Gasteiger partial charge in [-0.25, -0.2) is 0 Å². The Hall–Kier alpha value is -1.78. The Bertz CT molecular complexity index is 615. The molecule has 0 amide bonds. The second-order valence-electron chi connectivity index (χ2n) is 4.52. The molecule has 0 unspecified atom stereocenters. The third-order valence-corrected chi connectivity index (χ3v) is 3.23. The number of methoxy groups -OCH3 is 1. The monoisotopic (exact) mass is 309 g/mol. The SMILES string of the molecule is CCOC(=O)C[C@H](N)c1ccc(OC)c2ccccc12.Cl. The number of carbonyl (C=O) groups excluding carboxylic acids is 1. The molecule has 5 heteroatoms. The Morgan fingerprint density at radius 1 is 1.19 bits per heavy atom. The predicted octanol–water partition coefficient (Wildman–Crippen LogP) is 3.22. The number of halogens is 1. The summed E-state index contributed by atoms with van der Waals surface area (Å²) >= 11 is 0. The van der Waals surface area contributed by atoms with Gasteiger partial charge >= 0.3 is 5.97 Å². The van der Waals surface area contributed by atoms with Crippen LogP contribution in [-0.4, -0.2) is 19.7 Å². The summed E-state index contributed by atoms with van der Waals surface area (Å²) in [6.45, 7) is 2.15. The highest BCUT2D eigenvalue weighted by atomic mass is 35.5. The molecule has 0 saturated carbocycles. The lowest BCUT2D eigenvalue weighted by Crippen LogP contribution is -2.17. The molecule has 0 spiro atoms. The van der Waals surface area contributed by atoms with Crippen LogP contribution >= 0.6 is 12.4 Å². The molecule has 0 aliphatic rings. The number of nitrogens with two attached hydrogens (primary N) is 1. The predicted molar refractivity (Wildman–Crippen MR) is 85.9 cm³/mol. The van der Waals surface area contributed by atoms with Gasteiger partial charge in [-0.2, -0.15) is 0 Å². The second-order valence-corrected chi connectivity index (χ2v) is 4.52. The van der Waals surface area contributed by atoms with Crippen molar-refractivity contribution in [3.8, 4) is 5.75 Å². The maximum Gasteiger partial charge on any atom is 0.307 e. The third kappa shape index (κ3) is 3.86. The topological polar surface area (TPSA) is 61.5 Å². The van der Waals surface area contributed by atoms with Crippen LogP contribution in [-0.2, 0) is 9.53 Å². The second kappa shape index (κ2) is 7.86. The number of esters is 1. The van der Waals surface area contributed by atoms with E-state index in [4.69, 9.17) is 15.2 Å². The fourth-order valence-corrected chi connectivity index (χ4v) is 2.31. The molecule has 0 aliphatic heterocycles. The average molecular weight is 310 g/mol. The van der Waals surface area contributed by atoms with Gasteiger partial charge in [-0.15, -0.1) is 12.4 Å². The van der Waals surface area contributed by atoms with E-state index in [1.807, 2.05) is 36.4 Å². The van der Waals surface area contributed by atoms with Crippen LogP contribution in [0.25, 0.3) is 10.8 Å². The van der Waals surface area contributed by atoms with Gasteiger partial charge in [0.2, 0.25) is 0 Å². The van der Waals surface area contributed by atoms with E-state index >= 15 is 0 Å². The van der Waals surface area contributed by atoms with Crippen molar-refractivity contribution < 1.29 is 14.3 Å². The van der Waals surface area contributed by atoms with Gasteiger partial charge in [0.25, 0.3) is 0 Å². The molecule has 2 N–H and O–H groups in total. The van der Waals surface area contributed by atoms with E-state index in [1.54, 1.807) is 14.0 Å². The summed E-state index contributed by atoms with van der Waals surface area (Å²) < 4.78 is 10.3. The Morgan fingerprint density at radius 3 is 2.48 bits per heavy atom.